The van der Waals surface area contributed by atoms with Crippen LogP contribution in [0.1, 0.15) is 65.8 Å². The Labute approximate surface area is 154 Å². The Hall–Kier alpha value is -2.56. The third kappa shape index (κ3) is 3.82. The second-order valence-electron chi connectivity index (χ2n) is 8.00. The number of aromatic carboxylic acids is 1. The van der Waals surface area contributed by atoms with Crippen LogP contribution in [0.3, 0.4) is 0 Å². The number of piperidine rings is 1. The Morgan fingerprint density at radius 1 is 1.08 bits per heavy atom. The van der Waals surface area contributed by atoms with E-state index in [1.54, 1.807) is 12.1 Å². The molecular formula is C21H26N2O3. The summed E-state index contributed by atoms with van der Waals surface area (Å²) in [6.45, 7) is 7.77. The number of likely N-dealkylation sites (tertiary alicyclic amines) is 1. The van der Waals surface area contributed by atoms with Gasteiger partial charge < -0.3 is 14.6 Å². The highest BCUT2D eigenvalue weighted by atomic mass is 16.4. The smallest absolute Gasteiger partial charge is 0.335 e. The molecule has 2 aromatic rings. The molecule has 1 amide bonds. The van der Waals surface area contributed by atoms with Crippen molar-refractivity contribution in [3.05, 3.63) is 59.4 Å². The fraction of sp³-hybridized carbons (Fsp3) is 0.429. The minimum Gasteiger partial charge on any atom is -0.478 e. The third-order valence-corrected chi connectivity index (χ3v) is 5.05. The van der Waals surface area contributed by atoms with E-state index in [0.29, 0.717) is 12.1 Å². The van der Waals surface area contributed by atoms with Gasteiger partial charge in [0.15, 0.2) is 0 Å². The predicted octanol–water partition coefficient (Wildman–Crippen LogP) is 3.96. The summed E-state index contributed by atoms with van der Waals surface area (Å²) >= 11 is 0. The molecule has 0 saturated carbocycles. The molecular weight excluding hydrogens is 328 g/mol. The van der Waals surface area contributed by atoms with Crippen molar-refractivity contribution in [2.75, 3.05) is 13.1 Å². The number of rotatable bonds is 3. The molecule has 1 N–H and O–H groups in total. The molecule has 2 heterocycles. The second-order valence-corrected chi connectivity index (χ2v) is 8.00. The normalized spacial score (nSPS) is 18.0. The molecule has 5 heteroatoms. The van der Waals surface area contributed by atoms with E-state index in [1.165, 1.54) is 0 Å². The van der Waals surface area contributed by atoms with Crippen LogP contribution in [0.4, 0.5) is 0 Å². The number of amides is 1. The SMILES string of the molecule is CC(C)(C)n1ccc(C(=O)N2CCC[C@H](c3ccc(C(=O)O)cc3)C2)c1. The van der Waals surface area contributed by atoms with Crippen molar-refractivity contribution in [2.45, 2.75) is 45.1 Å². The third-order valence-electron chi connectivity index (χ3n) is 5.05. The highest BCUT2D eigenvalue weighted by Crippen LogP contribution is 2.28. The lowest BCUT2D eigenvalue weighted by Crippen LogP contribution is -2.39. The predicted molar refractivity (Wildman–Crippen MR) is 101 cm³/mol. The Morgan fingerprint density at radius 2 is 1.77 bits per heavy atom. The maximum atomic E-state index is 12.9. The number of carboxylic acids is 1. The van der Waals surface area contributed by atoms with Gasteiger partial charge in [-0.1, -0.05) is 12.1 Å². The van der Waals surface area contributed by atoms with E-state index < -0.39 is 5.97 Å². The van der Waals surface area contributed by atoms with Crippen LogP contribution in [0.15, 0.2) is 42.7 Å². The van der Waals surface area contributed by atoms with E-state index in [4.69, 9.17) is 5.11 Å². The van der Waals surface area contributed by atoms with Gasteiger partial charge in [-0.25, -0.2) is 4.79 Å². The van der Waals surface area contributed by atoms with Crippen molar-refractivity contribution in [1.82, 2.24) is 9.47 Å². The molecule has 0 aliphatic carbocycles. The summed E-state index contributed by atoms with van der Waals surface area (Å²) < 4.78 is 2.06. The van der Waals surface area contributed by atoms with Gasteiger partial charge in [0.2, 0.25) is 0 Å². The number of aromatic nitrogens is 1. The lowest BCUT2D eigenvalue weighted by molar-refractivity contribution is 0.0693. The van der Waals surface area contributed by atoms with Crippen molar-refractivity contribution in [3.63, 3.8) is 0 Å². The number of carbonyl (C=O) groups excluding carboxylic acids is 1. The molecule has 5 nitrogen and oxygen atoms in total. The number of benzene rings is 1. The van der Waals surface area contributed by atoms with Crippen LogP contribution in [-0.2, 0) is 5.54 Å². The van der Waals surface area contributed by atoms with E-state index in [1.807, 2.05) is 35.5 Å². The number of carbonyl (C=O) groups is 2. The van der Waals surface area contributed by atoms with Gasteiger partial charge in [-0.2, -0.15) is 0 Å². The maximum absolute atomic E-state index is 12.9. The van der Waals surface area contributed by atoms with Gasteiger partial charge in [-0.15, -0.1) is 0 Å². The standard InChI is InChI=1S/C21H26N2O3/c1-21(2,3)23-12-10-18(14-23)19(24)22-11-4-5-17(13-22)15-6-8-16(9-7-15)20(25)26/h6-10,12,14,17H,4-5,11,13H2,1-3H3,(H,25,26)/t17-/m0/s1. The fourth-order valence-corrected chi connectivity index (χ4v) is 3.45. The first-order valence-electron chi connectivity index (χ1n) is 9.07. The van der Waals surface area contributed by atoms with Crippen molar-refractivity contribution < 1.29 is 14.7 Å². The monoisotopic (exact) mass is 354 g/mol. The molecule has 138 valence electrons. The number of hydrogen-bond acceptors (Lipinski definition) is 2. The van der Waals surface area contributed by atoms with Crippen molar-refractivity contribution >= 4 is 11.9 Å². The number of hydrogen-bond donors (Lipinski definition) is 1. The second kappa shape index (κ2) is 6.98. The summed E-state index contributed by atoms with van der Waals surface area (Å²) in [4.78, 5) is 25.8. The van der Waals surface area contributed by atoms with Crippen molar-refractivity contribution in [3.8, 4) is 0 Å². The summed E-state index contributed by atoms with van der Waals surface area (Å²) in [5.74, 6) is -0.597. The Kier molecular flexibility index (Phi) is 4.90. The van der Waals surface area contributed by atoms with Crippen LogP contribution in [0.5, 0.6) is 0 Å². The fourth-order valence-electron chi connectivity index (χ4n) is 3.45. The molecule has 0 radical (unpaired) electrons. The number of carboxylic acid groups (broad SMARTS) is 1. The number of nitrogens with zero attached hydrogens (tertiary/aromatic N) is 2. The van der Waals surface area contributed by atoms with Gasteiger partial charge in [-0.05, 0) is 57.4 Å². The average molecular weight is 354 g/mol. The van der Waals surface area contributed by atoms with Gasteiger partial charge in [0.25, 0.3) is 5.91 Å². The first-order valence-corrected chi connectivity index (χ1v) is 9.07. The quantitative estimate of drug-likeness (QED) is 0.907. The highest BCUT2D eigenvalue weighted by molar-refractivity contribution is 5.94. The molecule has 0 unspecified atom stereocenters. The van der Waals surface area contributed by atoms with Crippen LogP contribution in [0, 0.1) is 0 Å². The minimum atomic E-state index is -0.916. The van der Waals surface area contributed by atoms with Crippen LogP contribution in [0.2, 0.25) is 0 Å². The first-order chi connectivity index (χ1) is 12.3. The molecule has 1 aliphatic heterocycles. The van der Waals surface area contributed by atoms with Crippen LogP contribution in [-0.4, -0.2) is 39.5 Å². The molecule has 0 spiro atoms. The van der Waals surface area contributed by atoms with E-state index in [0.717, 1.165) is 30.5 Å². The Bertz CT molecular complexity index is 799. The van der Waals surface area contributed by atoms with Crippen LogP contribution < -0.4 is 0 Å². The van der Waals surface area contributed by atoms with Gasteiger partial charge >= 0.3 is 5.97 Å². The summed E-state index contributed by atoms with van der Waals surface area (Å²) in [5, 5.41) is 9.03. The molecule has 1 fully saturated rings. The van der Waals surface area contributed by atoms with Gasteiger partial charge in [0, 0.05) is 36.9 Å². The molecule has 1 atom stereocenters. The molecule has 1 aliphatic rings. The molecule has 0 bridgehead atoms. The molecule has 26 heavy (non-hydrogen) atoms. The zero-order valence-corrected chi connectivity index (χ0v) is 15.6. The highest BCUT2D eigenvalue weighted by Gasteiger charge is 2.26. The van der Waals surface area contributed by atoms with Crippen LogP contribution in [0.25, 0.3) is 0 Å². The van der Waals surface area contributed by atoms with Crippen LogP contribution >= 0.6 is 0 Å². The minimum absolute atomic E-state index is 0.0468. The zero-order valence-electron chi connectivity index (χ0n) is 15.6. The zero-order chi connectivity index (χ0) is 18.9. The van der Waals surface area contributed by atoms with E-state index >= 15 is 0 Å². The first kappa shape index (κ1) is 18.2. The molecule has 1 saturated heterocycles. The Morgan fingerprint density at radius 3 is 2.35 bits per heavy atom. The summed E-state index contributed by atoms with van der Waals surface area (Å²) in [6.07, 6.45) is 5.85. The lowest BCUT2D eigenvalue weighted by atomic mass is 9.90. The maximum Gasteiger partial charge on any atom is 0.335 e. The van der Waals surface area contributed by atoms with Gasteiger partial charge in [0.1, 0.15) is 0 Å². The van der Waals surface area contributed by atoms with Gasteiger partial charge in [-0.3, -0.25) is 4.79 Å². The topological polar surface area (TPSA) is 62.5 Å². The molecule has 3 rings (SSSR count). The summed E-state index contributed by atoms with van der Waals surface area (Å²) in [7, 11) is 0. The van der Waals surface area contributed by atoms with Crippen molar-refractivity contribution in [1.29, 1.82) is 0 Å². The molecule has 1 aromatic carbocycles. The molecule has 1 aromatic heterocycles. The van der Waals surface area contributed by atoms with E-state index in [2.05, 4.69) is 25.3 Å². The van der Waals surface area contributed by atoms with E-state index in [9.17, 15) is 9.59 Å². The Balaban J connectivity index is 1.72. The van der Waals surface area contributed by atoms with Crippen molar-refractivity contribution in [2.24, 2.45) is 0 Å². The summed E-state index contributed by atoms with van der Waals surface area (Å²) in [5.41, 5.74) is 2.07. The van der Waals surface area contributed by atoms with Gasteiger partial charge in [0.05, 0.1) is 11.1 Å². The average Bonchev–Trinajstić information content (AvgIpc) is 3.12. The summed E-state index contributed by atoms with van der Waals surface area (Å²) in [6, 6.07) is 8.92. The lowest BCUT2D eigenvalue weighted by Gasteiger charge is -2.33. The largest absolute Gasteiger partial charge is 0.478 e. The van der Waals surface area contributed by atoms with E-state index in [-0.39, 0.29) is 17.4 Å².